The Bertz CT molecular complexity index is 522. The molecule has 0 radical (unpaired) electrons. The van der Waals surface area contributed by atoms with Crippen molar-refractivity contribution in [1.29, 1.82) is 0 Å². The molecule has 2 aromatic rings. The minimum Gasteiger partial charge on any atom is -0.296 e. The summed E-state index contributed by atoms with van der Waals surface area (Å²) in [5.74, 6) is 0. The van der Waals surface area contributed by atoms with Crippen molar-refractivity contribution in [3.63, 3.8) is 0 Å². The number of aldehydes is 1. The van der Waals surface area contributed by atoms with E-state index in [1.54, 1.807) is 4.68 Å². The first kappa shape index (κ1) is 11.0. The molecule has 1 aromatic heterocycles. The number of carbonyl (C=O) groups excluding carboxylic acids is 1. The van der Waals surface area contributed by atoms with Crippen LogP contribution in [0.2, 0.25) is 0 Å². The predicted octanol–water partition coefficient (Wildman–Crippen LogP) is 2.54. The summed E-state index contributed by atoms with van der Waals surface area (Å²) in [6, 6.07) is 7.70. The van der Waals surface area contributed by atoms with Crippen LogP contribution in [-0.4, -0.2) is 21.3 Å². The van der Waals surface area contributed by atoms with Gasteiger partial charge in [0.15, 0.2) is 12.0 Å². The lowest BCUT2D eigenvalue weighted by molar-refractivity contribution is 0.111. The van der Waals surface area contributed by atoms with Crippen LogP contribution in [0.3, 0.4) is 0 Å². The summed E-state index contributed by atoms with van der Waals surface area (Å²) < 4.78 is 2.64. The summed E-state index contributed by atoms with van der Waals surface area (Å²) in [7, 11) is 0. The van der Waals surface area contributed by atoms with Crippen molar-refractivity contribution in [2.75, 3.05) is 0 Å². The van der Waals surface area contributed by atoms with E-state index in [4.69, 9.17) is 0 Å². The molecule has 0 atom stereocenters. The molecular formula is C11H10BrN3O. The molecule has 0 unspecified atom stereocenters. The third kappa shape index (κ3) is 1.78. The summed E-state index contributed by atoms with van der Waals surface area (Å²) in [4.78, 5) is 10.9. The van der Waals surface area contributed by atoms with Crippen LogP contribution in [0.15, 0.2) is 28.7 Å². The fourth-order valence-electron chi connectivity index (χ4n) is 1.56. The average Bonchev–Trinajstić information content (AvgIpc) is 2.72. The third-order valence-corrected chi connectivity index (χ3v) is 2.99. The maximum atomic E-state index is 10.9. The number of hydrogen-bond acceptors (Lipinski definition) is 3. The molecule has 0 saturated carbocycles. The van der Waals surface area contributed by atoms with Crippen LogP contribution in [-0.2, 0) is 6.54 Å². The first-order valence-electron chi connectivity index (χ1n) is 4.91. The molecule has 0 bridgehead atoms. The molecule has 5 heteroatoms. The lowest BCUT2D eigenvalue weighted by atomic mass is 10.1. The molecule has 0 aliphatic heterocycles. The van der Waals surface area contributed by atoms with Crippen molar-refractivity contribution < 1.29 is 4.79 Å². The second kappa shape index (κ2) is 4.57. The number of nitrogens with zero attached hydrogens (tertiary/aromatic N) is 3. The number of benzene rings is 1. The van der Waals surface area contributed by atoms with Gasteiger partial charge in [0.1, 0.15) is 5.69 Å². The predicted molar refractivity (Wildman–Crippen MR) is 64.2 cm³/mol. The van der Waals surface area contributed by atoms with Gasteiger partial charge in [0.25, 0.3) is 0 Å². The second-order valence-electron chi connectivity index (χ2n) is 3.24. The third-order valence-electron chi connectivity index (χ3n) is 2.30. The highest BCUT2D eigenvalue weighted by Crippen LogP contribution is 2.28. The minimum atomic E-state index is 0.369. The van der Waals surface area contributed by atoms with E-state index in [1.165, 1.54) is 0 Å². The zero-order valence-corrected chi connectivity index (χ0v) is 10.3. The van der Waals surface area contributed by atoms with E-state index in [0.717, 1.165) is 22.0 Å². The van der Waals surface area contributed by atoms with Crippen LogP contribution in [0.4, 0.5) is 0 Å². The van der Waals surface area contributed by atoms with Crippen LogP contribution in [0.1, 0.15) is 17.4 Å². The molecule has 0 aliphatic rings. The summed E-state index contributed by atoms with van der Waals surface area (Å²) in [5.41, 5.74) is 2.05. The quantitative estimate of drug-likeness (QED) is 0.812. The van der Waals surface area contributed by atoms with Gasteiger partial charge in [0.05, 0.1) is 0 Å². The van der Waals surface area contributed by atoms with Crippen molar-refractivity contribution in [1.82, 2.24) is 15.0 Å². The summed E-state index contributed by atoms with van der Waals surface area (Å²) in [6.07, 6.45) is 0.730. The lowest BCUT2D eigenvalue weighted by Crippen LogP contribution is -2.00. The van der Waals surface area contributed by atoms with Crippen LogP contribution < -0.4 is 0 Å². The zero-order valence-electron chi connectivity index (χ0n) is 8.72. The molecular weight excluding hydrogens is 270 g/mol. The van der Waals surface area contributed by atoms with Gasteiger partial charge in [-0.2, -0.15) is 0 Å². The van der Waals surface area contributed by atoms with Gasteiger partial charge < -0.3 is 0 Å². The average molecular weight is 280 g/mol. The maximum Gasteiger partial charge on any atom is 0.172 e. The molecule has 1 aromatic carbocycles. The van der Waals surface area contributed by atoms with E-state index in [0.29, 0.717) is 12.2 Å². The summed E-state index contributed by atoms with van der Waals surface area (Å²) >= 11 is 3.46. The Morgan fingerprint density at radius 1 is 1.44 bits per heavy atom. The van der Waals surface area contributed by atoms with Gasteiger partial charge >= 0.3 is 0 Å². The van der Waals surface area contributed by atoms with E-state index in [9.17, 15) is 4.79 Å². The number of carbonyl (C=O) groups is 1. The Kier molecular flexibility index (Phi) is 3.14. The number of hydrogen-bond donors (Lipinski definition) is 0. The fourth-order valence-corrected chi connectivity index (χ4v) is 2.03. The molecule has 0 saturated heterocycles. The normalized spacial score (nSPS) is 10.4. The van der Waals surface area contributed by atoms with E-state index in [2.05, 4.69) is 26.2 Å². The minimum absolute atomic E-state index is 0.369. The molecule has 82 valence electrons. The van der Waals surface area contributed by atoms with Gasteiger partial charge in [-0.1, -0.05) is 39.3 Å². The van der Waals surface area contributed by atoms with E-state index in [-0.39, 0.29) is 0 Å². The summed E-state index contributed by atoms with van der Waals surface area (Å²) in [5, 5.41) is 7.78. The first-order valence-corrected chi connectivity index (χ1v) is 5.70. The molecule has 0 amide bonds. The molecule has 0 N–H and O–H groups in total. The van der Waals surface area contributed by atoms with Crippen molar-refractivity contribution in [2.45, 2.75) is 13.5 Å². The molecule has 0 aliphatic carbocycles. The smallest absolute Gasteiger partial charge is 0.172 e. The Labute approximate surface area is 101 Å². The van der Waals surface area contributed by atoms with Crippen LogP contribution in [0.5, 0.6) is 0 Å². The molecule has 2 rings (SSSR count). The van der Waals surface area contributed by atoms with E-state index in [1.807, 2.05) is 31.2 Å². The van der Waals surface area contributed by atoms with Crippen molar-refractivity contribution in [2.24, 2.45) is 0 Å². The van der Waals surface area contributed by atoms with Crippen LogP contribution >= 0.6 is 15.9 Å². The van der Waals surface area contributed by atoms with Gasteiger partial charge in [0, 0.05) is 16.6 Å². The van der Waals surface area contributed by atoms with Crippen molar-refractivity contribution in [3.8, 4) is 11.3 Å². The maximum absolute atomic E-state index is 10.9. The van der Waals surface area contributed by atoms with E-state index >= 15 is 0 Å². The zero-order chi connectivity index (χ0) is 11.5. The van der Waals surface area contributed by atoms with Gasteiger partial charge in [-0.3, -0.25) is 4.79 Å². The molecule has 16 heavy (non-hydrogen) atoms. The fraction of sp³-hybridized carbons (Fsp3) is 0.182. The number of aryl methyl sites for hydroxylation is 1. The van der Waals surface area contributed by atoms with Gasteiger partial charge in [-0.05, 0) is 13.0 Å². The highest BCUT2D eigenvalue weighted by Gasteiger charge is 2.15. The topological polar surface area (TPSA) is 47.8 Å². The lowest BCUT2D eigenvalue weighted by Gasteiger charge is -2.06. The Balaban J connectivity index is 2.67. The number of aromatic nitrogens is 3. The number of rotatable bonds is 3. The molecule has 1 heterocycles. The number of halogens is 1. The SMILES string of the molecule is CCn1nnc(C=O)c1-c1ccccc1Br. The van der Waals surface area contributed by atoms with Gasteiger partial charge in [0.2, 0.25) is 0 Å². The summed E-state index contributed by atoms with van der Waals surface area (Å²) in [6.45, 7) is 2.64. The largest absolute Gasteiger partial charge is 0.296 e. The van der Waals surface area contributed by atoms with Crippen molar-refractivity contribution in [3.05, 3.63) is 34.4 Å². The van der Waals surface area contributed by atoms with Crippen molar-refractivity contribution >= 4 is 22.2 Å². The Morgan fingerprint density at radius 2 is 2.19 bits per heavy atom. The monoisotopic (exact) mass is 279 g/mol. The Morgan fingerprint density at radius 3 is 2.81 bits per heavy atom. The highest BCUT2D eigenvalue weighted by atomic mass is 79.9. The first-order chi connectivity index (χ1) is 7.77. The molecule has 0 spiro atoms. The van der Waals surface area contributed by atoms with Crippen LogP contribution in [0.25, 0.3) is 11.3 Å². The standard InChI is InChI=1S/C11H10BrN3O/c1-2-15-11(10(7-16)13-14-15)8-5-3-4-6-9(8)12/h3-7H,2H2,1H3. The Hall–Kier alpha value is -1.49. The van der Waals surface area contributed by atoms with Gasteiger partial charge in [-0.25, -0.2) is 4.68 Å². The molecule has 0 fully saturated rings. The van der Waals surface area contributed by atoms with Gasteiger partial charge in [-0.15, -0.1) is 5.10 Å². The second-order valence-corrected chi connectivity index (χ2v) is 4.09. The van der Waals surface area contributed by atoms with E-state index < -0.39 is 0 Å². The van der Waals surface area contributed by atoms with Crippen LogP contribution in [0, 0.1) is 0 Å². The molecule has 4 nitrogen and oxygen atoms in total. The highest BCUT2D eigenvalue weighted by molar-refractivity contribution is 9.10.